The summed E-state index contributed by atoms with van der Waals surface area (Å²) in [4.78, 5) is 17.8. The van der Waals surface area contributed by atoms with E-state index in [4.69, 9.17) is 4.74 Å². The van der Waals surface area contributed by atoms with Gasteiger partial charge in [-0.1, -0.05) is 97.1 Å². The maximum Gasteiger partial charge on any atom is 0.410 e. The zero-order valence-corrected chi connectivity index (χ0v) is 27.7. The van der Waals surface area contributed by atoms with E-state index in [1.165, 1.54) is 5.56 Å². The van der Waals surface area contributed by atoms with Crippen LogP contribution in [0, 0.1) is 5.92 Å². The van der Waals surface area contributed by atoms with Crippen LogP contribution in [0.4, 0.5) is 4.79 Å². The number of nitrogens with zero attached hydrogens (tertiary/aromatic N) is 3. The monoisotopic (exact) mass is 639 g/mol. The molecular formula is C38H45N3O4S. The van der Waals surface area contributed by atoms with Crippen LogP contribution >= 0.6 is 0 Å². The summed E-state index contributed by atoms with van der Waals surface area (Å²) in [5.41, 5.74) is 2.26. The molecule has 2 fully saturated rings. The Morgan fingerprint density at radius 3 is 2.20 bits per heavy atom. The third-order valence-electron chi connectivity index (χ3n) is 10.1. The largest absolute Gasteiger partial charge is 0.445 e. The lowest BCUT2D eigenvalue weighted by Gasteiger charge is -2.39. The molecule has 4 aromatic rings. The summed E-state index contributed by atoms with van der Waals surface area (Å²) >= 11 is 0. The van der Waals surface area contributed by atoms with Crippen molar-refractivity contribution in [3.8, 4) is 0 Å². The Kier molecular flexibility index (Phi) is 10.1. The standard InChI is InChI=1S/C38H45N3O4S/c1-3-41(38(42)45-28-29-13-6-4-7-14-29)33-21-23-40(24-22-33)27-32-25-34(26-36(32)31-15-8-5-9-16-31)39(2)46(43,44)37-20-12-18-30-17-10-11-19-35(30)37/h4-20,32-34,36H,3,21-28H2,1-2H3. The number of amides is 1. The molecule has 3 unspecified atom stereocenters. The number of piperidine rings is 1. The van der Waals surface area contributed by atoms with Crippen molar-refractivity contribution in [1.82, 2.24) is 14.1 Å². The van der Waals surface area contributed by atoms with E-state index >= 15 is 0 Å². The Hall–Kier alpha value is -3.72. The zero-order valence-electron chi connectivity index (χ0n) is 26.9. The Bertz CT molecular complexity index is 1700. The van der Waals surface area contributed by atoms with Gasteiger partial charge in [-0.25, -0.2) is 13.2 Å². The highest BCUT2D eigenvalue weighted by atomic mass is 32.2. The van der Waals surface area contributed by atoms with Crippen LogP contribution in [-0.2, 0) is 21.4 Å². The van der Waals surface area contributed by atoms with E-state index in [2.05, 4.69) is 29.2 Å². The number of hydrogen-bond acceptors (Lipinski definition) is 5. The third kappa shape index (κ3) is 6.99. The molecule has 4 aromatic carbocycles. The molecule has 242 valence electrons. The third-order valence-corrected chi connectivity index (χ3v) is 12.1. The maximum absolute atomic E-state index is 14.1. The van der Waals surface area contributed by atoms with Crippen molar-refractivity contribution in [2.45, 2.75) is 62.1 Å². The van der Waals surface area contributed by atoms with E-state index in [1.807, 2.05) is 84.6 Å². The van der Waals surface area contributed by atoms with E-state index in [1.54, 1.807) is 17.4 Å². The summed E-state index contributed by atoms with van der Waals surface area (Å²) in [6.07, 6.45) is 3.16. The molecule has 1 aliphatic carbocycles. The highest BCUT2D eigenvalue weighted by Crippen LogP contribution is 2.44. The highest BCUT2D eigenvalue weighted by Gasteiger charge is 2.42. The molecule has 8 heteroatoms. The topological polar surface area (TPSA) is 70.2 Å². The molecule has 1 aliphatic heterocycles. The molecule has 0 N–H and O–H groups in total. The van der Waals surface area contributed by atoms with Gasteiger partial charge in [-0.3, -0.25) is 0 Å². The normalized spacial score (nSPS) is 21.1. The summed E-state index contributed by atoms with van der Waals surface area (Å²) < 4.78 is 35.4. The molecule has 6 rings (SSSR count). The van der Waals surface area contributed by atoms with E-state index in [-0.39, 0.29) is 30.7 Å². The Morgan fingerprint density at radius 2 is 1.48 bits per heavy atom. The van der Waals surface area contributed by atoms with Gasteiger partial charge >= 0.3 is 6.09 Å². The Balaban J connectivity index is 1.12. The Labute approximate surface area is 273 Å². The molecule has 1 saturated carbocycles. The minimum absolute atomic E-state index is 0.0910. The molecular weight excluding hydrogens is 595 g/mol. The average Bonchev–Trinajstić information content (AvgIpc) is 3.52. The fourth-order valence-corrected chi connectivity index (χ4v) is 9.15. The van der Waals surface area contributed by atoms with Crippen LogP contribution in [0.15, 0.2) is 108 Å². The molecule has 0 bridgehead atoms. The SMILES string of the molecule is CCN(C(=O)OCc1ccccc1)C1CCN(CC2CC(N(C)S(=O)(=O)c3cccc4ccccc34)CC2c2ccccc2)CC1. The van der Waals surface area contributed by atoms with Crippen molar-refractivity contribution in [1.29, 1.82) is 0 Å². The van der Waals surface area contributed by atoms with Crippen LogP contribution in [-0.4, -0.2) is 73.9 Å². The number of sulfonamides is 1. The van der Waals surface area contributed by atoms with Crippen LogP contribution < -0.4 is 0 Å². The first-order chi connectivity index (χ1) is 22.3. The van der Waals surface area contributed by atoms with Crippen molar-refractivity contribution in [3.63, 3.8) is 0 Å². The lowest BCUT2D eigenvalue weighted by Crippen LogP contribution is -2.48. The van der Waals surface area contributed by atoms with Crippen molar-refractivity contribution < 1.29 is 17.9 Å². The average molecular weight is 640 g/mol. The second-order valence-corrected chi connectivity index (χ2v) is 14.7. The quantitative estimate of drug-likeness (QED) is 0.184. The molecule has 1 amide bonds. The van der Waals surface area contributed by atoms with Crippen molar-refractivity contribution in [2.75, 3.05) is 33.2 Å². The predicted molar refractivity (Wildman–Crippen MR) is 183 cm³/mol. The van der Waals surface area contributed by atoms with Crippen LogP contribution in [0.25, 0.3) is 10.8 Å². The van der Waals surface area contributed by atoms with Crippen LogP contribution in [0.5, 0.6) is 0 Å². The Morgan fingerprint density at radius 1 is 0.826 bits per heavy atom. The van der Waals surface area contributed by atoms with E-state index in [9.17, 15) is 13.2 Å². The molecule has 1 heterocycles. The first-order valence-corrected chi connectivity index (χ1v) is 18.0. The minimum atomic E-state index is -3.69. The summed E-state index contributed by atoms with van der Waals surface area (Å²) in [5, 5.41) is 1.69. The van der Waals surface area contributed by atoms with Gasteiger partial charge in [0.05, 0.1) is 4.90 Å². The van der Waals surface area contributed by atoms with Crippen LogP contribution in [0.3, 0.4) is 0 Å². The second-order valence-electron chi connectivity index (χ2n) is 12.8. The molecule has 7 nitrogen and oxygen atoms in total. The lowest BCUT2D eigenvalue weighted by molar-refractivity contribution is 0.0601. The van der Waals surface area contributed by atoms with E-state index in [0.29, 0.717) is 17.4 Å². The van der Waals surface area contributed by atoms with E-state index in [0.717, 1.165) is 61.7 Å². The van der Waals surface area contributed by atoms with Gasteiger partial charge in [0.1, 0.15) is 6.61 Å². The van der Waals surface area contributed by atoms with Gasteiger partial charge in [-0.05, 0) is 67.0 Å². The number of fused-ring (bicyclic) bond motifs is 1. The van der Waals surface area contributed by atoms with Gasteiger partial charge < -0.3 is 14.5 Å². The summed E-state index contributed by atoms with van der Waals surface area (Å²) in [7, 11) is -1.93. The van der Waals surface area contributed by atoms with Gasteiger partial charge in [0, 0.05) is 50.7 Å². The van der Waals surface area contributed by atoms with E-state index < -0.39 is 10.0 Å². The van der Waals surface area contributed by atoms with Crippen molar-refractivity contribution in [2.24, 2.45) is 5.92 Å². The molecule has 0 aromatic heterocycles. The maximum atomic E-state index is 14.1. The first-order valence-electron chi connectivity index (χ1n) is 16.6. The number of likely N-dealkylation sites (tertiary alicyclic amines) is 1. The van der Waals surface area contributed by atoms with Gasteiger partial charge in [0.2, 0.25) is 10.0 Å². The first kappa shape index (κ1) is 32.2. The smallest absolute Gasteiger partial charge is 0.410 e. The molecule has 46 heavy (non-hydrogen) atoms. The van der Waals surface area contributed by atoms with Crippen LogP contribution in [0.1, 0.15) is 49.7 Å². The van der Waals surface area contributed by atoms with Gasteiger partial charge in [-0.2, -0.15) is 4.31 Å². The molecule has 0 radical (unpaired) electrons. The predicted octanol–water partition coefficient (Wildman–Crippen LogP) is 7.15. The number of hydrogen-bond donors (Lipinski definition) is 0. The molecule has 1 saturated heterocycles. The number of carbonyl (C=O) groups excluding carboxylic acids is 1. The molecule has 3 atom stereocenters. The highest BCUT2D eigenvalue weighted by molar-refractivity contribution is 7.89. The summed E-state index contributed by atoms with van der Waals surface area (Å²) in [6.45, 7) is 5.64. The number of benzene rings is 4. The van der Waals surface area contributed by atoms with Gasteiger partial charge in [0.15, 0.2) is 0 Å². The lowest BCUT2D eigenvalue weighted by atomic mass is 9.88. The minimum Gasteiger partial charge on any atom is -0.445 e. The number of rotatable bonds is 10. The number of ether oxygens (including phenoxy) is 1. The fraction of sp³-hybridized carbons (Fsp3) is 0.395. The fourth-order valence-electron chi connectivity index (χ4n) is 7.56. The van der Waals surface area contributed by atoms with Gasteiger partial charge in [-0.15, -0.1) is 0 Å². The zero-order chi connectivity index (χ0) is 32.1. The summed E-state index contributed by atoms with van der Waals surface area (Å²) in [5.74, 6) is 0.599. The molecule has 2 aliphatic rings. The van der Waals surface area contributed by atoms with Gasteiger partial charge in [0.25, 0.3) is 0 Å². The second kappa shape index (κ2) is 14.4. The number of carbonyl (C=O) groups is 1. The van der Waals surface area contributed by atoms with Crippen molar-refractivity contribution in [3.05, 3.63) is 114 Å². The summed E-state index contributed by atoms with van der Waals surface area (Å²) in [6, 6.07) is 33.7. The van der Waals surface area contributed by atoms with Crippen LogP contribution in [0.2, 0.25) is 0 Å². The van der Waals surface area contributed by atoms with Crippen molar-refractivity contribution >= 4 is 26.9 Å². The molecule has 0 spiro atoms.